The van der Waals surface area contributed by atoms with Crippen molar-refractivity contribution in [2.75, 3.05) is 0 Å². The highest BCUT2D eigenvalue weighted by molar-refractivity contribution is 9.10. The van der Waals surface area contributed by atoms with Gasteiger partial charge in [-0.2, -0.15) is 0 Å². The summed E-state index contributed by atoms with van der Waals surface area (Å²) in [6, 6.07) is 10.4. The molecule has 2 aromatic rings. The summed E-state index contributed by atoms with van der Waals surface area (Å²) in [6.45, 7) is 2.01. The third kappa shape index (κ3) is 3.12. The van der Waals surface area contributed by atoms with Crippen LogP contribution in [-0.4, -0.2) is 0 Å². The molecule has 0 aliphatic carbocycles. The minimum Gasteiger partial charge on any atom is -0.454 e. The molecule has 0 N–H and O–H groups in total. The molecule has 0 saturated carbocycles. The van der Waals surface area contributed by atoms with Crippen molar-refractivity contribution in [2.24, 2.45) is 0 Å². The van der Waals surface area contributed by atoms with Gasteiger partial charge >= 0.3 is 0 Å². The van der Waals surface area contributed by atoms with Crippen molar-refractivity contribution in [3.05, 3.63) is 57.8 Å². The van der Waals surface area contributed by atoms with Crippen LogP contribution >= 0.6 is 31.9 Å². The van der Waals surface area contributed by atoms with Gasteiger partial charge in [-0.05, 0) is 31.2 Å². The number of hydrogen-bond donors (Lipinski definition) is 0. The van der Waals surface area contributed by atoms with Crippen LogP contribution in [0.25, 0.3) is 0 Å². The Labute approximate surface area is 122 Å². The molecule has 1 nitrogen and oxygen atoms in total. The van der Waals surface area contributed by atoms with E-state index in [2.05, 4.69) is 31.9 Å². The maximum absolute atomic E-state index is 13.6. The van der Waals surface area contributed by atoms with Gasteiger partial charge in [0.05, 0.1) is 0 Å². The van der Waals surface area contributed by atoms with E-state index in [9.17, 15) is 4.39 Å². The molecule has 0 unspecified atom stereocenters. The molecule has 0 fully saturated rings. The molecule has 0 atom stereocenters. The lowest BCUT2D eigenvalue weighted by molar-refractivity contribution is 0.439. The molecule has 94 valence electrons. The lowest BCUT2D eigenvalue weighted by Crippen LogP contribution is -1.92. The minimum atomic E-state index is -0.376. The Balaban J connectivity index is 2.36. The summed E-state index contributed by atoms with van der Waals surface area (Å²) in [4.78, 5) is 0. The number of rotatable bonds is 3. The molecule has 0 aliphatic heterocycles. The molecule has 18 heavy (non-hydrogen) atoms. The lowest BCUT2D eigenvalue weighted by atomic mass is 10.1. The Bertz CT molecular complexity index is 570. The second-order valence-electron chi connectivity index (χ2n) is 3.92. The highest BCUT2D eigenvalue weighted by Gasteiger charge is 2.09. The average Bonchev–Trinajstić information content (AvgIpc) is 2.36. The molecule has 2 rings (SSSR count). The Hall–Kier alpha value is -0.870. The van der Waals surface area contributed by atoms with Gasteiger partial charge in [0, 0.05) is 15.4 Å². The van der Waals surface area contributed by atoms with Crippen molar-refractivity contribution in [3.8, 4) is 11.5 Å². The van der Waals surface area contributed by atoms with Crippen LogP contribution in [0.5, 0.6) is 11.5 Å². The van der Waals surface area contributed by atoms with E-state index in [0.717, 1.165) is 15.6 Å². The predicted molar refractivity (Wildman–Crippen MR) is 78.0 cm³/mol. The second kappa shape index (κ2) is 5.85. The molecule has 0 radical (unpaired) electrons. The zero-order valence-corrected chi connectivity index (χ0v) is 12.9. The summed E-state index contributed by atoms with van der Waals surface area (Å²) in [7, 11) is 0. The number of hydrogen-bond acceptors (Lipinski definition) is 1. The standard InChI is InChI=1S/C14H11Br2FO/c1-9-2-5-13(10(6-9)8-15)18-14-7-11(16)3-4-12(14)17/h2-7H,8H2,1H3. The fourth-order valence-corrected chi connectivity index (χ4v) is 2.36. The van der Waals surface area contributed by atoms with E-state index in [4.69, 9.17) is 4.74 Å². The van der Waals surface area contributed by atoms with Crippen molar-refractivity contribution >= 4 is 31.9 Å². The molecule has 0 spiro atoms. The SMILES string of the molecule is Cc1ccc(Oc2cc(Br)ccc2F)c(CBr)c1. The predicted octanol–water partition coefficient (Wildman–Crippen LogP) is 5.58. The Morgan fingerprint density at radius 2 is 1.89 bits per heavy atom. The van der Waals surface area contributed by atoms with Gasteiger partial charge in [0.2, 0.25) is 0 Å². The minimum absolute atomic E-state index is 0.218. The van der Waals surface area contributed by atoms with Gasteiger partial charge in [-0.15, -0.1) is 0 Å². The highest BCUT2D eigenvalue weighted by atomic mass is 79.9. The summed E-state index contributed by atoms with van der Waals surface area (Å²) in [5.41, 5.74) is 2.14. The zero-order chi connectivity index (χ0) is 13.1. The highest BCUT2D eigenvalue weighted by Crippen LogP contribution is 2.31. The third-order valence-electron chi connectivity index (χ3n) is 2.47. The molecule has 0 amide bonds. The van der Waals surface area contributed by atoms with E-state index in [1.54, 1.807) is 12.1 Å². The molecule has 4 heteroatoms. The number of alkyl halides is 1. The van der Waals surface area contributed by atoms with Crippen LogP contribution in [0.1, 0.15) is 11.1 Å². The van der Waals surface area contributed by atoms with Crippen LogP contribution in [0, 0.1) is 12.7 Å². The molecular formula is C14H11Br2FO. The monoisotopic (exact) mass is 372 g/mol. The number of benzene rings is 2. The van der Waals surface area contributed by atoms with Gasteiger partial charge in [-0.1, -0.05) is 49.6 Å². The largest absolute Gasteiger partial charge is 0.454 e. The molecule has 2 aromatic carbocycles. The normalized spacial score (nSPS) is 10.4. The zero-order valence-electron chi connectivity index (χ0n) is 9.71. The Morgan fingerprint density at radius 3 is 2.61 bits per heavy atom. The summed E-state index contributed by atoms with van der Waals surface area (Å²) in [6.07, 6.45) is 0. The van der Waals surface area contributed by atoms with E-state index in [-0.39, 0.29) is 11.6 Å². The molecular weight excluding hydrogens is 363 g/mol. The second-order valence-corrected chi connectivity index (χ2v) is 5.40. The van der Waals surface area contributed by atoms with Crippen molar-refractivity contribution in [1.82, 2.24) is 0 Å². The van der Waals surface area contributed by atoms with E-state index in [1.165, 1.54) is 6.07 Å². The lowest BCUT2D eigenvalue weighted by Gasteiger charge is -2.11. The van der Waals surface area contributed by atoms with E-state index in [1.807, 2.05) is 25.1 Å². The first-order valence-electron chi connectivity index (χ1n) is 5.38. The van der Waals surface area contributed by atoms with Crippen molar-refractivity contribution in [3.63, 3.8) is 0 Å². The van der Waals surface area contributed by atoms with Crippen LogP contribution in [0.3, 0.4) is 0 Å². The van der Waals surface area contributed by atoms with Gasteiger partial charge < -0.3 is 4.74 Å². The van der Waals surface area contributed by atoms with Gasteiger partial charge in [-0.3, -0.25) is 0 Å². The van der Waals surface area contributed by atoms with Crippen molar-refractivity contribution < 1.29 is 9.13 Å². The molecule has 0 aliphatic rings. The fourth-order valence-electron chi connectivity index (χ4n) is 1.59. The van der Waals surface area contributed by atoms with Gasteiger partial charge in [0.1, 0.15) is 5.75 Å². The summed E-state index contributed by atoms with van der Waals surface area (Å²) < 4.78 is 20.0. The fraction of sp³-hybridized carbons (Fsp3) is 0.143. The summed E-state index contributed by atoms with van der Waals surface area (Å²) >= 11 is 6.71. The first kappa shape index (κ1) is 13.6. The summed E-state index contributed by atoms with van der Waals surface area (Å²) in [5.74, 6) is 0.504. The molecule has 0 heterocycles. The van der Waals surface area contributed by atoms with Crippen LogP contribution in [0.4, 0.5) is 4.39 Å². The number of ether oxygens (including phenoxy) is 1. The molecule has 0 saturated heterocycles. The van der Waals surface area contributed by atoms with Gasteiger partial charge in [-0.25, -0.2) is 4.39 Å². The number of aryl methyl sites for hydroxylation is 1. The van der Waals surface area contributed by atoms with E-state index < -0.39 is 0 Å². The number of halogens is 3. The van der Waals surface area contributed by atoms with Crippen LogP contribution < -0.4 is 4.74 Å². The quantitative estimate of drug-likeness (QED) is 0.637. The van der Waals surface area contributed by atoms with Crippen LogP contribution in [-0.2, 0) is 5.33 Å². The summed E-state index contributed by atoms with van der Waals surface area (Å²) in [5, 5.41) is 0.666. The maximum atomic E-state index is 13.6. The Morgan fingerprint density at radius 1 is 1.11 bits per heavy atom. The van der Waals surface area contributed by atoms with E-state index in [0.29, 0.717) is 11.1 Å². The van der Waals surface area contributed by atoms with Crippen LogP contribution in [0.15, 0.2) is 40.9 Å². The average molecular weight is 374 g/mol. The molecule has 0 bridgehead atoms. The van der Waals surface area contributed by atoms with Gasteiger partial charge in [0.25, 0.3) is 0 Å². The first-order valence-corrected chi connectivity index (χ1v) is 7.30. The molecule has 0 aromatic heterocycles. The third-order valence-corrected chi connectivity index (χ3v) is 3.57. The topological polar surface area (TPSA) is 9.23 Å². The Kier molecular flexibility index (Phi) is 4.40. The maximum Gasteiger partial charge on any atom is 0.165 e. The smallest absolute Gasteiger partial charge is 0.165 e. The van der Waals surface area contributed by atoms with Gasteiger partial charge in [0.15, 0.2) is 11.6 Å². The van der Waals surface area contributed by atoms with E-state index >= 15 is 0 Å². The van der Waals surface area contributed by atoms with Crippen molar-refractivity contribution in [2.45, 2.75) is 12.3 Å². The van der Waals surface area contributed by atoms with Crippen LogP contribution in [0.2, 0.25) is 0 Å². The van der Waals surface area contributed by atoms with Crippen molar-refractivity contribution in [1.29, 1.82) is 0 Å². The first-order chi connectivity index (χ1) is 8.60.